The average molecular weight is 295 g/mol. The second-order valence-electron chi connectivity index (χ2n) is 5.96. The molecule has 1 aromatic heterocycles. The van der Waals surface area contributed by atoms with Gasteiger partial charge in [0.15, 0.2) is 0 Å². The van der Waals surface area contributed by atoms with Crippen molar-refractivity contribution in [2.45, 2.75) is 33.1 Å². The summed E-state index contributed by atoms with van der Waals surface area (Å²) in [4.78, 5) is 13.3. The molecule has 0 aliphatic carbocycles. The molecular formula is C14H25N5O2. The summed E-state index contributed by atoms with van der Waals surface area (Å²) >= 11 is 0. The molecule has 2 heterocycles. The van der Waals surface area contributed by atoms with Crippen LogP contribution >= 0.6 is 0 Å². The highest BCUT2D eigenvalue weighted by Crippen LogP contribution is 2.35. The molecule has 1 saturated heterocycles. The zero-order valence-electron chi connectivity index (χ0n) is 13.1. The smallest absolute Gasteiger partial charge is 0.334 e. The van der Waals surface area contributed by atoms with Gasteiger partial charge in [-0.2, -0.15) is 5.10 Å². The quantitative estimate of drug-likeness (QED) is 0.659. The van der Waals surface area contributed by atoms with Gasteiger partial charge in [0.05, 0.1) is 4.92 Å². The van der Waals surface area contributed by atoms with Crippen molar-refractivity contribution < 1.29 is 4.92 Å². The highest BCUT2D eigenvalue weighted by atomic mass is 16.6. The van der Waals surface area contributed by atoms with Gasteiger partial charge in [-0.15, -0.1) is 0 Å². The first-order valence-corrected chi connectivity index (χ1v) is 7.64. The maximum Gasteiger partial charge on any atom is 0.334 e. The van der Waals surface area contributed by atoms with Crippen molar-refractivity contribution in [1.82, 2.24) is 9.78 Å². The lowest BCUT2D eigenvalue weighted by atomic mass is 9.87. The van der Waals surface area contributed by atoms with Crippen LogP contribution in [0.1, 0.15) is 32.4 Å². The second-order valence-corrected chi connectivity index (χ2v) is 5.96. The molecular weight excluding hydrogens is 270 g/mol. The zero-order chi connectivity index (χ0) is 15.6. The van der Waals surface area contributed by atoms with E-state index in [9.17, 15) is 10.1 Å². The zero-order valence-corrected chi connectivity index (χ0v) is 13.1. The molecule has 21 heavy (non-hydrogen) atoms. The number of piperidine rings is 1. The standard InChI is InChI=1S/C14H25N5O2/c1-4-5-12-13(19(20)21)14(17(3)16-12)18-7-6-10(2)11(8-15)9-18/h10-11H,4-9,15H2,1-3H3. The summed E-state index contributed by atoms with van der Waals surface area (Å²) in [6, 6.07) is 0. The molecule has 0 amide bonds. The van der Waals surface area contributed by atoms with Gasteiger partial charge in [0.1, 0.15) is 5.69 Å². The third kappa shape index (κ3) is 3.02. The van der Waals surface area contributed by atoms with E-state index >= 15 is 0 Å². The van der Waals surface area contributed by atoms with Crippen LogP contribution in [0.25, 0.3) is 0 Å². The van der Waals surface area contributed by atoms with Crippen molar-refractivity contribution >= 4 is 11.5 Å². The molecule has 2 N–H and O–H groups in total. The van der Waals surface area contributed by atoms with Crippen LogP contribution in [-0.4, -0.2) is 34.3 Å². The van der Waals surface area contributed by atoms with E-state index in [1.807, 2.05) is 6.92 Å². The summed E-state index contributed by atoms with van der Waals surface area (Å²) in [6.07, 6.45) is 2.49. The first kappa shape index (κ1) is 15.8. The lowest BCUT2D eigenvalue weighted by Gasteiger charge is -2.37. The average Bonchev–Trinajstić information content (AvgIpc) is 2.76. The number of hydrogen-bond donors (Lipinski definition) is 1. The first-order valence-electron chi connectivity index (χ1n) is 7.64. The van der Waals surface area contributed by atoms with Gasteiger partial charge < -0.3 is 10.6 Å². The molecule has 2 unspecified atom stereocenters. The molecule has 0 saturated carbocycles. The number of hydrogen-bond acceptors (Lipinski definition) is 5. The van der Waals surface area contributed by atoms with Crippen LogP contribution < -0.4 is 10.6 Å². The Morgan fingerprint density at radius 1 is 1.52 bits per heavy atom. The summed E-state index contributed by atoms with van der Waals surface area (Å²) in [5.41, 5.74) is 6.60. The third-order valence-electron chi connectivity index (χ3n) is 4.45. The molecule has 7 nitrogen and oxygen atoms in total. The molecule has 0 radical (unpaired) electrons. The number of nitro groups is 1. The van der Waals surface area contributed by atoms with Crippen molar-refractivity contribution in [3.8, 4) is 0 Å². The normalized spacial score (nSPS) is 22.6. The highest BCUT2D eigenvalue weighted by Gasteiger charge is 2.34. The SMILES string of the molecule is CCCc1nn(C)c(N2CCC(C)C(CN)C2)c1[N+](=O)[O-]. The number of aryl methyl sites for hydroxylation is 2. The summed E-state index contributed by atoms with van der Waals surface area (Å²) < 4.78 is 1.66. The highest BCUT2D eigenvalue weighted by molar-refractivity contribution is 5.62. The Bertz CT molecular complexity index is 514. The predicted octanol–water partition coefficient (Wildman–Crippen LogP) is 1.70. The van der Waals surface area contributed by atoms with E-state index in [1.165, 1.54) is 0 Å². The second kappa shape index (κ2) is 6.43. The number of rotatable bonds is 5. The van der Waals surface area contributed by atoms with Crippen LogP contribution in [0.3, 0.4) is 0 Å². The molecule has 1 aliphatic rings. The van der Waals surface area contributed by atoms with Crippen molar-refractivity contribution in [3.05, 3.63) is 15.8 Å². The van der Waals surface area contributed by atoms with E-state index < -0.39 is 0 Å². The van der Waals surface area contributed by atoms with Gasteiger partial charge in [-0.25, -0.2) is 4.68 Å². The largest absolute Gasteiger partial charge is 0.351 e. The molecule has 0 spiro atoms. The summed E-state index contributed by atoms with van der Waals surface area (Å²) in [5, 5.41) is 15.9. The van der Waals surface area contributed by atoms with Gasteiger partial charge in [-0.1, -0.05) is 20.3 Å². The fourth-order valence-electron chi connectivity index (χ4n) is 3.15. The maximum absolute atomic E-state index is 11.5. The number of aromatic nitrogens is 2. The Hall–Kier alpha value is -1.63. The van der Waals surface area contributed by atoms with Crippen molar-refractivity contribution in [1.29, 1.82) is 0 Å². The molecule has 7 heteroatoms. The summed E-state index contributed by atoms with van der Waals surface area (Å²) in [7, 11) is 1.79. The van der Waals surface area contributed by atoms with Crippen LogP contribution in [0, 0.1) is 22.0 Å². The monoisotopic (exact) mass is 295 g/mol. The molecule has 2 rings (SSSR count). The van der Waals surface area contributed by atoms with Crippen LogP contribution in [0.4, 0.5) is 11.5 Å². The topological polar surface area (TPSA) is 90.2 Å². The minimum atomic E-state index is -0.289. The number of nitrogens with two attached hydrogens (primary N) is 1. The fraction of sp³-hybridized carbons (Fsp3) is 0.786. The Morgan fingerprint density at radius 3 is 2.81 bits per heavy atom. The molecule has 1 aliphatic heterocycles. The van der Waals surface area contributed by atoms with Crippen molar-refractivity contribution in [3.63, 3.8) is 0 Å². The van der Waals surface area contributed by atoms with Gasteiger partial charge in [-0.05, 0) is 31.2 Å². The lowest BCUT2D eigenvalue weighted by molar-refractivity contribution is -0.384. The van der Waals surface area contributed by atoms with Crippen LogP contribution in [0.5, 0.6) is 0 Å². The Balaban J connectivity index is 2.36. The van der Waals surface area contributed by atoms with E-state index in [1.54, 1.807) is 11.7 Å². The molecule has 1 fully saturated rings. The van der Waals surface area contributed by atoms with Gasteiger partial charge >= 0.3 is 5.69 Å². The van der Waals surface area contributed by atoms with Crippen LogP contribution in [0.15, 0.2) is 0 Å². The lowest BCUT2D eigenvalue weighted by Crippen LogP contribution is -2.43. The van der Waals surface area contributed by atoms with E-state index in [0.29, 0.717) is 36.3 Å². The van der Waals surface area contributed by atoms with Gasteiger partial charge in [-0.3, -0.25) is 10.1 Å². The minimum absolute atomic E-state index is 0.171. The fourth-order valence-corrected chi connectivity index (χ4v) is 3.15. The van der Waals surface area contributed by atoms with E-state index in [2.05, 4.69) is 16.9 Å². The number of anilines is 1. The maximum atomic E-state index is 11.5. The first-order chi connectivity index (χ1) is 9.99. The summed E-state index contributed by atoms with van der Waals surface area (Å²) in [5.74, 6) is 1.57. The van der Waals surface area contributed by atoms with Crippen LogP contribution in [-0.2, 0) is 13.5 Å². The Labute approximate surface area is 125 Å². The van der Waals surface area contributed by atoms with Gasteiger partial charge in [0.25, 0.3) is 0 Å². The predicted molar refractivity (Wildman–Crippen MR) is 82.4 cm³/mol. The molecule has 2 atom stereocenters. The minimum Gasteiger partial charge on any atom is -0.351 e. The molecule has 0 bridgehead atoms. The van der Waals surface area contributed by atoms with Crippen LogP contribution in [0.2, 0.25) is 0 Å². The molecule has 118 valence electrons. The summed E-state index contributed by atoms with van der Waals surface area (Å²) in [6.45, 7) is 6.42. The van der Waals surface area contributed by atoms with E-state index in [-0.39, 0.29) is 10.6 Å². The molecule has 0 aromatic carbocycles. The molecule has 1 aromatic rings. The Kier molecular flexibility index (Phi) is 4.82. The van der Waals surface area contributed by atoms with Gasteiger partial charge in [0, 0.05) is 20.1 Å². The van der Waals surface area contributed by atoms with E-state index in [0.717, 1.165) is 25.9 Å². The van der Waals surface area contributed by atoms with Crippen molar-refractivity contribution in [2.75, 3.05) is 24.5 Å². The Morgan fingerprint density at radius 2 is 2.24 bits per heavy atom. The van der Waals surface area contributed by atoms with E-state index in [4.69, 9.17) is 5.73 Å². The number of nitrogens with zero attached hydrogens (tertiary/aromatic N) is 4. The third-order valence-corrected chi connectivity index (χ3v) is 4.45. The van der Waals surface area contributed by atoms with Gasteiger partial charge in [0.2, 0.25) is 5.82 Å². The van der Waals surface area contributed by atoms with Crippen molar-refractivity contribution in [2.24, 2.45) is 24.6 Å².